The van der Waals surface area contributed by atoms with E-state index >= 15 is 0 Å². The van der Waals surface area contributed by atoms with E-state index in [0.717, 1.165) is 38.4 Å². The summed E-state index contributed by atoms with van der Waals surface area (Å²) >= 11 is 0. The van der Waals surface area contributed by atoms with Gasteiger partial charge in [-0.15, -0.1) is 6.58 Å². The molecule has 1 aliphatic rings. The van der Waals surface area contributed by atoms with Gasteiger partial charge >= 0.3 is 0 Å². The summed E-state index contributed by atoms with van der Waals surface area (Å²) in [5, 5.41) is 0. The van der Waals surface area contributed by atoms with E-state index in [4.69, 9.17) is 0 Å². The first-order valence-corrected chi connectivity index (χ1v) is 8.39. The van der Waals surface area contributed by atoms with Crippen molar-refractivity contribution < 1.29 is 0 Å². The lowest BCUT2D eigenvalue weighted by molar-refractivity contribution is 0.248. The normalized spacial score (nSPS) is 15.5. The Morgan fingerprint density at radius 3 is 2.54 bits per heavy atom. The highest BCUT2D eigenvalue weighted by atomic mass is 16.1. The fourth-order valence-corrected chi connectivity index (χ4v) is 3.09. The van der Waals surface area contributed by atoms with Gasteiger partial charge in [0.2, 0.25) is 5.95 Å². The van der Waals surface area contributed by atoms with E-state index in [1.165, 1.54) is 5.56 Å². The topological polar surface area (TPSA) is 52.2 Å². The third-order valence-electron chi connectivity index (χ3n) is 4.48. The predicted octanol–water partition coefficient (Wildman–Crippen LogP) is 2.13. The second kappa shape index (κ2) is 7.45. The highest BCUT2D eigenvalue weighted by molar-refractivity contribution is 5.34. The molecule has 5 heteroatoms. The van der Waals surface area contributed by atoms with Crippen molar-refractivity contribution in [1.29, 1.82) is 0 Å². The summed E-state index contributed by atoms with van der Waals surface area (Å²) in [6.45, 7) is 10.2. The molecule has 1 fully saturated rings. The molecule has 2 aromatic rings. The van der Waals surface area contributed by atoms with E-state index in [9.17, 15) is 4.79 Å². The van der Waals surface area contributed by atoms with E-state index in [1.807, 2.05) is 13.0 Å². The number of hydrogen-bond donors (Lipinski definition) is 1. The zero-order valence-corrected chi connectivity index (χ0v) is 14.2. The molecule has 5 nitrogen and oxygen atoms in total. The molecular weight excluding hydrogens is 300 g/mol. The van der Waals surface area contributed by atoms with Crippen LogP contribution in [0.15, 0.2) is 47.8 Å². The van der Waals surface area contributed by atoms with Crippen LogP contribution in [0.25, 0.3) is 0 Å². The van der Waals surface area contributed by atoms with Crippen LogP contribution in [0.4, 0.5) is 5.95 Å². The van der Waals surface area contributed by atoms with Crippen LogP contribution in [0.5, 0.6) is 0 Å². The third kappa shape index (κ3) is 3.74. The Morgan fingerprint density at radius 2 is 1.92 bits per heavy atom. The molecule has 1 aliphatic heterocycles. The second-order valence-corrected chi connectivity index (χ2v) is 6.20. The predicted molar refractivity (Wildman–Crippen MR) is 97.4 cm³/mol. The molecule has 24 heavy (non-hydrogen) atoms. The number of nitrogens with zero attached hydrogens (tertiary/aromatic N) is 3. The van der Waals surface area contributed by atoms with Crippen LogP contribution in [-0.2, 0) is 13.0 Å². The van der Waals surface area contributed by atoms with Crippen molar-refractivity contribution >= 4 is 5.95 Å². The van der Waals surface area contributed by atoms with Gasteiger partial charge in [-0.2, -0.15) is 0 Å². The second-order valence-electron chi connectivity index (χ2n) is 6.20. The molecule has 1 N–H and O–H groups in total. The first kappa shape index (κ1) is 16.5. The van der Waals surface area contributed by atoms with Crippen LogP contribution >= 0.6 is 0 Å². The number of piperazine rings is 1. The number of aryl methyl sites for hydroxylation is 1. The molecule has 0 bridgehead atoms. The van der Waals surface area contributed by atoms with E-state index in [1.54, 1.807) is 6.08 Å². The number of benzene rings is 1. The van der Waals surface area contributed by atoms with Crippen LogP contribution in [-0.4, -0.2) is 41.0 Å². The smallest absolute Gasteiger partial charge is 0.256 e. The van der Waals surface area contributed by atoms with Crippen molar-refractivity contribution in [2.45, 2.75) is 19.9 Å². The maximum atomic E-state index is 12.2. The first-order valence-electron chi connectivity index (χ1n) is 8.39. The lowest BCUT2D eigenvalue weighted by atomic mass is 10.2. The van der Waals surface area contributed by atoms with Crippen molar-refractivity contribution in [3.8, 4) is 0 Å². The Balaban J connectivity index is 1.64. The minimum atomic E-state index is -0.0517. The van der Waals surface area contributed by atoms with Crippen LogP contribution in [0.2, 0.25) is 0 Å². The van der Waals surface area contributed by atoms with Crippen molar-refractivity contribution in [3.63, 3.8) is 0 Å². The monoisotopic (exact) mass is 324 g/mol. The number of anilines is 1. The molecule has 0 spiro atoms. The summed E-state index contributed by atoms with van der Waals surface area (Å²) in [5.74, 6) is 0.685. The molecule has 0 radical (unpaired) electrons. The third-order valence-corrected chi connectivity index (χ3v) is 4.48. The maximum Gasteiger partial charge on any atom is 0.256 e. The fourth-order valence-electron chi connectivity index (χ4n) is 3.09. The number of aromatic nitrogens is 2. The number of hydrogen-bond acceptors (Lipinski definition) is 4. The summed E-state index contributed by atoms with van der Waals surface area (Å²) in [4.78, 5) is 24.3. The lowest BCUT2D eigenvalue weighted by Crippen LogP contribution is -2.47. The average Bonchev–Trinajstić information content (AvgIpc) is 2.59. The van der Waals surface area contributed by atoms with Crippen molar-refractivity contribution in [1.82, 2.24) is 14.9 Å². The molecule has 2 heterocycles. The Kier molecular flexibility index (Phi) is 5.11. The van der Waals surface area contributed by atoms with E-state index in [2.05, 4.69) is 50.6 Å². The minimum absolute atomic E-state index is 0.0517. The fraction of sp³-hybridized carbons (Fsp3) is 0.368. The van der Waals surface area contributed by atoms with E-state index in [-0.39, 0.29) is 5.56 Å². The van der Waals surface area contributed by atoms with E-state index in [0.29, 0.717) is 17.9 Å². The van der Waals surface area contributed by atoms with Gasteiger partial charge in [0, 0.05) is 38.3 Å². The number of aromatic amines is 1. The standard InChI is InChI=1S/C19H24N4O/c1-3-7-17-15(2)20-19(21-18(17)24)23-12-10-22(11-13-23)14-16-8-5-4-6-9-16/h3-6,8-9H,1,7,10-14H2,2H3,(H,20,21,24). The Hall–Kier alpha value is -2.40. The van der Waals surface area contributed by atoms with Gasteiger partial charge in [-0.3, -0.25) is 14.7 Å². The van der Waals surface area contributed by atoms with Gasteiger partial charge in [0.25, 0.3) is 5.56 Å². The zero-order chi connectivity index (χ0) is 16.9. The summed E-state index contributed by atoms with van der Waals surface area (Å²) in [7, 11) is 0. The van der Waals surface area contributed by atoms with Gasteiger partial charge < -0.3 is 4.90 Å². The molecule has 0 unspecified atom stereocenters. The van der Waals surface area contributed by atoms with Crippen molar-refractivity contribution in [3.05, 3.63) is 70.2 Å². The Morgan fingerprint density at radius 1 is 1.21 bits per heavy atom. The quantitative estimate of drug-likeness (QED) is 0.856. The molecule has 0 saturated carbocycles. The summed E-state index contributed by atoms with van der Waals surface area (Å²) < 4.78 is 0. The van der Waals surface area contributed by atoms with Gasteiger partial charge in [-0.05, 0) is 18.9 Å². The highest BCUT2D eigenvalue weighted by Gasteiger charge is 2.19. The van der Waals surface area contributed by atoms with Crippen LogP contribution in [0, 0.1) is 6.92 Å². The SMILES string of the molecule is C=CCc1c(C)nc(N2CCN(Cc3ccccc3)CC2)[nH]c1=O. The molecule has 1 aromatic carbocycles. The minimum Gasteiger partial charge on any atom is -0.340 e. The van der Waals surface area contributed by atoms with Gasteiger partial charge in [-0.25, -0.2) is 4.98 Å². The molecule has 0 atom stereocenters. The van der Waals surface area contributed by atoms with E-state index < -0.39 is 0 Å². The Labute approximate surface area is 142 Å². The van der Waals surface area contributed by atoms with Gasteiger partial charge in [0.15, 0.2) is 0 Å². The number of H-pyrrole nitrogens is 1. The first-order chi connectivity index (χ1) is 11.7. The molecule has 0 aliphatic carbocycles. The molecule has 1 aromatic heterocycles. The molecular formula is C19H24N4O. The van der Waals surface area contributed by atoms with Crippen LogP contribution in [0.1, 0.15) is 16.8 Å². The maximum absolute atomic E-state index is 12.2. The van der Waals surface area contributed by atoms with Gasteiger partial charge in [0.1, 0.15) is 0 Å². The number of nitrogens with one attached hydrogen (secondary N) is 1. The lowest BCUT2D eigenvalue weighted by Gasteiger charge is -2.35. The highest BCUT2D eigenvalue weighted by Crippen LogP contribution is 2.13. The molecule has 0 amide bonds. The zero-order valence-electron chi connectivity index (χ0n) is 14.2. The van der Waals surface area contributed by atoms with Crippen LogP contribution < -0.4 is 10.5 Å². The Bertz CT molecular complexity index is 746. The summed E-state index contributed by atoms with van der Waals surface area (Å²) in [5.41, 5.74) is 2.78. The largest absolute Gasteiger partial charge is 0.340 e. The number of allylic oxidation sites excluding steroid dienone is 1. The summed E-state index contributed by atoms with van der Waals surface area (Å²) in [6, 6.07) is 10.5. The molecule has 3 rings (SSSR count). The van der Waals surface area contributed by atoms with Crippen molar-refractivity contribution in [2.75, 3.05) is 31.1 Å². The summed E-state index contributed by atoms with van der Waals surface area (Å²) in [6.07, 6.45) is 2.29. The molecule has 1 saturated heterocycles. The average molecular weight is 324 g/mol. The van der Waals surface area contributed by atoms with Crippen molar-refractivity contribution in [2.24, 2.45) is 0 Å². The van der Waals surface area contributed by atoms with Gasteiger partial charge in [-0.1, -0.05) is 36.4 Å². The van der Waals surface area contributed by atoms with Crippen LogP contribution in [0.3, 0.4) is 0 Å². The number of rotatable bonds is 5. The molecule has 126 valence electrons. The van der Waals surface area contributed by atoms with Gasteiger partial charge in [0.05, 0.1) is 5.69 Å².